The molecule has 1 aliphatic carbocycles. The standard InChI is InChI=1S/C61H45N/c1-61(2)58-25-15-14-24-55(58)56-37-34-52(41-59(56)61)62(60-40-50(31-36-54(60)45-19-8-4-9-20-45)48-27-26-42-16-12-13-23-47(42)38-48)51-32-28-43(29-33-51)49-30-35-53(44-17-6-3-7-18-44)57(39-49)46-21-10-5-11-22-46/h3-41H,1-2H3. The molecular weight excluding hydrogens is 747 g/mol. The van der Waals surface area contributed by atoms with Gasteiger partial charge in [0.1, 0.15) is 0 Å². The van der Waals surface area contributed by atoms with Crippen LogP contribution in [-0.2, 0) is 5.41 Å². The Morgan fingerprint density at radius 3 is 1.47 bits per heavy atom. The third kappa shape index (κ3) is 6.60. The van der Waals surface area contributed by atoms with Crippen molar-refractivity contribution in [1.82, 2.24) is 0 Å². The number of anilines is 3. The minimum atomic E-state index is -0.144. The number of nitrogens with zero attached hydrogens (tertiary/aromatic N) is 1. The zero-order valence-corrected chi connectivity index (χ0v) is 35.0. The summed E-state index contributed by atoms with van der Waals surface area (Å²) in [6.07, 6.45) is 0. The molecule has 0 spiro atoms. The van der Waals surface area contributed by atoms with E-state index in [1.807, 2.05) is 0 Å². The molecule has 0 radical (unpaired) electrons. The van der Waals surface area contributed by atoms with Gasteiger partial charge in [0.25, 0.3) is 0 Å². The van der Waals surface area contributed by atoms with Gasteiger partial charge in [-0.15, -0.1) is 0 Å². The van der Waals surface area contributed by atoms with Gasteiger partial charge in [-0.3, -0.25) is 0 Å². The molecule has 294 valence electrons. The third-order valence-electron chi connectivity index (χ3n) is 12.9. The highest BCUT2D eigenvalue weighted by atomic mass is 15.1. The van der Waals surface area contributed by atoms with Crippen LogP contribution in [0.3, 0.4) is 0 Å². The molecule has 11 rings (SSSR count). The number of hydrogen-bond acceptors (Lipinski definition) is 1. The Kier molecular flexibility index (Phi) is 9.24. The van der Waals surface area contributed by atoms with Crippen molar-refractivity contribution < 1.29 is 0 Å². The van der Waals surface area contributed by atoms with Crippen LogP contribution in [-0.4, -0.2) is 0 Å². The molecule has 0 amide bonds. The predicted octanol–water partition coefficient (Wildman–Crippen LogP) is 17.0. The van der Waals surface area contributed by atoms with Gasteiger partial charge in [0.15, 0.2) is 0 Å². The van der Waals surface area contributed by atoms with Gasteiger partial charge in [0, 0.05) is 22.4 Å². The zero-order chi connectivity index (χ0) is 41.6. The summed E-state index contributed by atoms with van der Waals surface area (Å²) in [4.78, 5) is 2.48. The first-order valence-electron chi connectivity index (χ1n) is 21.6. The van der Waals surface area contributed by atoms with Gasteiger partial charge in [0.2, 0.25) is 0 Å². The summed E-state index contributed by atoms with van der Waals surface area (Å²) in [6, 6.07) is 86.7. The molecule has 0 fully saturated rings. The first-order chi connectivity index (χ1) is 30.5. The molecule has 0 saturated carbocycles. The van der Waals surface area contributed by atoms with Crippen LogP contribution in [0.5, 0.6) is 0 Å². The minimum Gasteiger partial charge on any atom is -0.310 e. The lowest BCUT2D eigenvalue weighted by atomic mass is 9.82. The highest BCUT2D eigenvalue weighted by molar-refractivity contribution is 5.95. The van der Waals surface area contributed by atoms with Crippen LogP contribution in [0, 0.1) is 0 Å². The van der Waals surface area contributed by atoms with E-state index in [0.717, 1.165) is 17.1 Å². The SMILES string of the molecule is CC1(C)c2ccccc2-c2ccc(N(c3ccc(-c4ccc(-c5ccccc5)c(-c5ccccc5)c4)cc3)c3cc(-c4ccc5ccccc5c4)ccc3-c3ccccc3)cc21. The molecule has 1 aliphatic rings. The van der Waals surface area contributed by atoms with Crippen LogP contribution in [0.2, 0.25) is 0 Å². The molecule has 1 heteroatoms. The van der Waals surface area contributed by atoms with Crippen LogP contribution in [0.15, 0.2) is 237 Å². The summed E-state index contributed by atoms with van der Waals surface area (Å²) < 4.78 is 0. The fourth-order valence-corrected chi connectivity index (χ4v) is 9.64. The number of benzene rings is 10. The molecule has 0 atom stereocenters. The first-order valence-corrected chi connectivity index (χ1v) is 21.6. The van der Waals surface area contributed by atoms with E-state index in [-0.39, 0.29) is 5.41 Å². The lowest BCUT2D eigenvalue weighted by Gasteiger charge is -2.30. The van der Waals surface area contributed by atoms with Gasteiger partial charge in [-0.05, 0) is 126 Å². The van der Waals surface area contributed by atoms with E-state index in [0.29, 0.717) is 0 Å². The van der Waals surface area contributed by atoms with Crippen molar-refractivity contribution in [2.45, 2.75) is 19.3 Å². The number of fused-ring (bicyclic) bond motifs is 4. The summed E-state index contributed by atoms with van der Waals surface area (Å²) in [7, 11) is 0. The van der Waals surface area contributed by atoms with E-state index in [2.05, 4.69) is 255 Å². The molecule has 0 N–H and O–H groups in total. The maximum Gasteiger partial charge on any atom is 0.0546 e. The zero-order valence-electron chi connectivity index (χ0n) is 35.0. The van der Waals surface area contributed by atoms with Gasteiger partial charge in [-0.2, -0.15) is 0 Å². The summed E-state index contributed by atoms with van der Waals surface area (Å²) in [5.74, 6) is 0. The molecule has 0 saturated heterocycles. The van der Waals surface area contributed by atoms with Crippen LogP contribution < -0.4 is 4.90 Å². The Balaban J connectivity index is 1.09. The molecule has 0 heterocycles. The summed E-state index contributed by atoms with van der Waals surface area (Å²) >= 11 is 0. The Labute approximate surface area is 364 Å². The van der Waals surface area contributed by atoms with Gasteiger partial charge in [0.05, 0.1) is 5.69 Å². The Morgan fingerprint density at radius 2 is 0.758 bits per heavy atom. The Bertz CT molecular complexity index is 3240. The molecular formula is C61H45N. The van der Waals surface area contributed by atoms with E-state index in [1.54, 1.807) is 0 Å². The Hall–Kier alpha value is -7.74. The van der Waals surface area contributed by atoms with Crippen molar-refractivity contribution in [3.8, 4) is 66.8 Å². The maximum atomic E-state index is 2.48. The average Bonchev–Trinajstić information content (AvgIpc) is 3.57. The summed E-state index contributed by atoms with van der Waals surface area (Å²) in [5, 5.41) is 2.48. The van der Waals surface area contributed by atoms with E-state index in [4.69, 9.17) is 0 Å². The van der Waals surface area contributed by atoms with Crippen molar-refractivity contribution in [3.05, 3.63) is 248 Å². The second-order valence-electron chi connectivity index (χ2n) is 16.9. The van der Waals surface area contributed by atoms with E-state index >= 15 is 0 Å². The molecule has 0 aliphatic heterocycles. The summed E-state index contributed by atoms with van der Waals surface area (Å²) in [6.45, 7) is 4.73. The lowest BCUT2D eigenvalue weighted by Crippen LogP contribution is -2.17. The van der Waals surface area contributed by atoms with E-state index in [9.17, 15) is 0 Å². The molecule has 0 aromatic heterocycles. The van der Waals surface area contributed by atoms with Crippen molar-refractivity contribution in [2.75, 3.05) is 4.90 Å². The molecule has 0 bridgehead atoms. The normalized spacial score (nSPS) is 12.5. The van der Waals surface area contributed by atoms with Crippen molar-refractivity contribution in [2.24, 2.45) is 0 Å². The second-order valence-corrected chi connectivity index (χ2v) is 16.9. The minimum absolute atomic E-state index is 0.144. The van der Waals surface area contributed by atoms with Crippen molar-refractivity contribution in [1.29, 1.82) is 0 Å². The monoisotopic (exact) mass is 791 g/mol. The van der Waals surface area contributed by atoms with E-state index < -0.39 is 0 Å². The van der Waals surface area contributed by atoms with Gasteiger partial charge >= 0.3 is 0 Å². The summed E-state index contributed by atoms with van der Waals surface area (Å²) in [5.41, 5.74) is 20.5. The molecule has 0 unspecified atom stereocenters. The lowest BCUT2D eigenvalue weighted by molar-refractivity contribution is 0.660. The fraction of sp³-hybridized carbons (Fsp3) is 0.0492. The fourth-order valence-electron chi connectivity index (χ4n) is 9.64. The topological polar surface area (TPSA) is 3.24 Å². The van der Waals surface area contributed by atoms with Gasteiger partial charge in [-0.1, -0.05) is 208 Å². The quantitative estimate of drug-likeness (QED) is 0.148. The predicted molar refractivity (Wildman–Crippen MR) is 263 cm³/mol. The third-order valence-corrected chi connectivity index (χ3v) is 12.9. The molecule has 1 nitrogen and oxygen atoms in total. The van der Waals surface area contributed by atoms with Crippen LogP contribution in [0.1, 0.15) is 25.0 Å². The van der Waals surface area contributed by atoms with Crippen LogP contribution >= 0.6 is 0 Å². The average molecular weight is 792 g/mol. The Morgan fingerprint density at radius 1 is 0.274 bits per heavy atom. The molecule has 10 aromatic rings. The van der Waals surface area contributed by atoms with Crippen LogP contribution in [0.25, 0.3) is 77.5 Å². The highest BCUT2D eigenvalue weighted by Gasteiger charge is 2.36. The molecule has 62 heavy (non-hydrogen) atoms. The maximum absolute atomic E-state index is 2.48. The van der Waals surface area contributed by atoms with Crippen molar-refractivity contribution in [3.63, 3.8) is 0 Å². The second kappa shape index (κ2) is 15.4. The number of rotatable bonds is 8. The highest BCUT2D eigenvalue weighted by Crippen LogP contribution is 2.52. The number of hydrogen-bond donors (Lipinski definition) is 0. The molecule has 10 aromatic carbocycles. The largest absolute Gasteiger partial charge is 0.310 e. The van der Waals surface area contributed by atoms with Gasteiger partial charge in [-0.25, -0.2) is 0 Å². The van der Waals surface area contributed by atoms with Crippen LogP contribution in [0.4, 0.5) is 17.1 Å². The first kappa shape index (κ1) is 37.3. The van der Waals surface area contributed by atoms with Gasteiger partial charge < -0.3 is 4.90 Å². The van der Waals surface area contributed by atoms with E-state index in [1.165, 1.54) is 88.7 Å². The smallest absolute Gasteiger partial charge is 0.0546 e. The van der Waals surface area contributed by atoms with Crippen molar-refractivity contribution >= 4 is 27.8 Å².